The van der Waals surface area contributed by atoms with Gasteiger partial charge in [0.1, 0.15) is 0 Å². The van der Waals surface area contributed by atoms with Crippen LogP contribution in [-0.2, 0) is 9.47 Å². The Kier molecular flexibility index (Phi) is 7.61. The van der Waals surface area contributed by atoms with Gasteiger partial charge < -0.3 is 9.47 Å². The molecule has 0 atom stereocenters. The van der Waals surface area contributed by atoms with Gasteiger partial charge in [0.2, 0.25) is 0 Å². The molecule has 1 rings (SSSR count). The van der Waals surface area contributed by atoms with Crippen LogP contribution in [0.4, 0.5) is 0 Å². The van der Waals surface area contributed by atoms with Crippen molar-refractivity contribution in [2.24, 2.45) is 0 Å². The highest BCUT2D eigenvalue weighted by Crippen LogP contribution is 2.26. The summed E-state index contributed by atoms with van der Waals surface area (Å²) in [5, 5.41) is 1.08. The molecule has 0 amide bonds. The first kappa shape index (κ1) is 13.4. The topological polar surface area (TPSA) is 21.7 Å². The van der Waals surface area contributed by atoms with Crippen molar-refractivity contribution in [1.29, 1.82) is 0 Å². The van der Waals surface area contributed by atoms with Gasteiger partial charge in [-0.15, -0.1) is 0 Å². The zero-order valence-corrected chi connectivity index (χ0v) is 11.2. The minimum Gasteiger partial charge on any atom is -0.382 e. The van der Waals surface area contributed by atoms with Crippen molar-refractivity contribution < 1.29 is 9.47 Å². The molecule has 0 heterocycles. The molecule has 1 aliphatic carbocycles. The fourth-order valence-electron chi connectivity index (χ4n) is 1.64. The van der Waals surface area contributed by atoms with Crippen LogP contribution in [0.2, 0.25) is 0 Å². The third-order valence-electron chi connectivity index (χ3n) is 2.60. The summed E-state index contributed by atoms with van der Waals surface area (Å²) in [6, 6.07) is 0.863. The highest BCUT2D eigenvalue weighted by Gasteiger charge is 2.27. The molecule has 0 aromatic carbocycles. The molecule has 0 bridgehead atoms. The second-order valence-corrected chi connectivity index (χ2v) is 4.71. The summed E-state index contributed by atoms with van der Waals surface area (Å²) in [5.41, 5.74) is 0. The Morgan fingerprint density at radius 2 is 2.00 bits per heavy atom. The molecule has 0 spiro atoms. The molecule has 15 heavy (non-hydrogen) atoms. The van der Waals surface area contributed by atoms with Gasteiger partial charge in [-0.1, -0.05) is 15.9 Å². The molecule has 0 radical (unpaired) electrons. The van der Waals surface area contributed by atoms with E-state index in [4.69, 9.17) is 9.47 Å². The summed E-state index contributed by atoms with van der Waals surface area (Å²) >= 11 is 3.50. The molecule has 0 unspecified atom stereocenters. The summed E-state index contributed by atoms with van der Waals surface area (Å²) in [6.07, 6.45) is 3.91. The summed E-state index contributed by atoms with van der Waals surface area (Å²) in [5.74, 6) is 0. The van der Waals surface area contributed by atoms with Crippen LogP contribution >= 0.6 is 15.9 Å². The van der Waals surface area contributed by atoms with Crippen LogP contribution in [0.1, 0.15) is 19.3 Å². The Hall–Kier alpha value is 0.360. The molecule has 1 fully saturated rings. The van der Waals surface area contributed by atoms with E-state index in [1.54, 1.807) is 7.11 Å². The number of hydrogen-bond acceptors (Lipinski definition) is 3. The first-order valence-electron chi connectivity index (χ1n) is 5.75. The number of hydrogen-bond donors (Lipinski definition) is 0. The van der Waals surface area contributed by atoms with Gasteiger partial charge in [0.15, 0.2) is 0 Å². The fraction of sp³-hybridized carbons (Fsp3) is 1.00. The minimum absolute atomic E-state index is 0.702. The molecule has 0 aromatic rings. The lowest BCUT2D eigenvalue weighted by Gasteiger charge is -2.20. The van der Waals surface area contributed by atoms with Gasteiger partial charge >= 0.3 is 0 Å². The monoisotopic (exact) mass is 279 g/mol. The zero-order valence-electron chi connectivity index (χ0n) is 9.58. The SMILES string of the molecule is COCCOCCCN(CCBr)C1CC1. The van der Waals surface area contributed by atoms with Gasteiger partial charge in [0.25, 0.3) is 0 Å². The summed E-state index contributed by atoms with van der Waals surface area (Å²) < 4.78 is 10.4. The van der Waals surface area contributed by atoms with Gasteiger partial charge in [0.05, 0.1) is 13.2 Å². The van der Waals surface area contributed by atoms with Gasteiger partial charge in [-0.05, 0) is 19.3 Å². The standard InChI is InChI=1S/C11H22BrNO2/c1-14-9-10-15-8-2-6-13(7-5-12)11-3-4-11/h11H,2-10H2,1H3. The van der Waals surface area contributed by atoms with Crippen molar-refractivity contribution in [3.05, 3.63) is 0 Å². The number of alkyl halides is 1. The van der Waals surface area contributed by atoms with Gasteiger partial charge in [-0.2, -0.15) is 0 Å². The van der Waals surface area contributed by atoms with E-state index in [2.05, 4.69) is 20.8 Å². The molecule has 1 saturated carbocycles. The van der Waals surface area contributed by atoms with E-state index in [1.807, 2.05) is 0 Å². The number of halogens is 1. The maximum absolute atomic E-state index is 5.44. The summed E-state index contributed by atoms with van der Waals surface area (Å²) in [7, 11) is 1.70. The van der Waals surface area contributed by atoms with Crippen molar-refractivity contribution >= 4 is 15.9 Å². The molecule has 0 aromatic heterocycles. The maximum atomic E-state index is 5.44. The molecule has 0 aliphatic heterocycles. The van der Waals surface area contributed by atoms with Crippen molar-refractivity contribution in [3.8, 4) is 0 Å². The molecule has 0 saturated heterocycles. The van der Waals surface area contributed by atoms with Crippen molar-refractivity contribution in [2.45, 2.75) is 25.3 Å². The van der Waals surface area contributed by atoms with Crippen molar-refractivity contribution in [2.75, 3.05) is 45.4 Å². The van der Waals surface area contributed by atoms with Gasteiger partial charge in [-0.25, -0.2) is 0 Å². The molecule has 3 nitrogen and oxygen atoms in total. The van der Waals surface area contributed by atoms with Crippen molar-refractivity contribution in [1.82, 2.24) is 4.90 Å². The predicted octanol–water partition coefficient (Wildman–Crippen LogP) is 1.90. The van der Waals surface area contributed by atoms with E-state index in [0.29, 0.717) is 6.61 Å². The Morgan fingerprint density at radius 3 is 2.60 bits per heavy atom. The van der Waals surface area contributed by atoms with Crippen LogP contribution in [0.25, 0.3) is 0 Å². The van der Waals surface area contributed by atoms with Crippen molar-refractivity contribution in [3.63, 3.8) is 0 Å². The van der Waals surface area contributed by atoms with E-state index in [9.17, 15) is 0 Å². The zero-order chi connectivity index (χ0) is 10.9. The highest BCUT2D eigenvalue weighted by molar-refractivity contribution is 9.09. The first-order valence-corrected chi connectivity index (χ1v) is 6.87. The third kappa shape index (κ3) is 6.51. The third-order valence-corrected chi connectivity index (χ3v) is 2.96. The van der Waals surface area contributed by atoms with Crippen LogP contribution in [0.15, 0.2) is 0 Å². The second-order valence-electron chi connectivity index (χ2n) is 3.91. The highest BCUT2D eigenvalue weighted by atomic mass is 79.9. The molecule has 90 valence electrons. The lowest BCUT2D eigenvalue weighted by Crippen LogP contribution is -2.29. The Morgan fingerprint density at radius 1 is 1.20 bits per heavy atom. The molecule has 0 N–H and O–H groups in total. The maximum Gasteiger partial charge on any atom is 0.0700 e. The lowest BCUT2D eigenvalue weighted by atomic mass is 10.4. The normalized spacial score (nSPS) is 16.2. The van der Waals surface area contributed by atoms with Crippen LogP contribution in [-0.4, -0.2) is 56.3 Å². The quantitative estimate of drug-likeness (QED) is 0.450. The van der Waals surface area contributed by atoms with Crippen LogP contribution in [0, 0.1) is 0 Å². The average Bonchev–Trinajstić information content (AvgIpc) is 3.05. The van der Waals surface area contributed by atoms with E-state index in [-0.39, 0.29) is 0 Å². The Balaban J connectivity index is 1.92. The number of rotatable bonds is 10. The number of methoxy groups -OCH3 is 1. The number of nitrogens with zero attached hydrogens (tertiary/aromatic N) is 1. The molecule has 1 aliphatic rings. The molecular weight excluding hydrogens is 258 g/mol. The lowest BCUT2D eigenvalue weighted by molar-refractivity contribution is 0.0651. The van der Waals surface area contributed by atoms with Crippen LogP contribution in [0.3, 0.4) is 0 Å². The second kappa shape index (κ2) is 8.50. The fourth-order valence-corrected chi connectivity index (χ4v) is 2.09. The van der Waals surface area contributed by atoms with E-state index in [0.717, 1.165) is 31.0 Å². The van der Waals surface area contributed by atoms with Crippen LogP contribution < -0.4 is 0 Å². The molecule has 4 heteroatoms. The number of ether oxygens (including phenoxy) is 2. The van der Waals surface area contributed by atoms with E-state index >= 15 is 0 Å². The Labute approximate surface area is 101 Å². The average molecular weight is 280 g/mol. The van der Waals surface area contributed by atoms with Crippen LogP contribution in [0.5, 0.6) is 0 Å². The van der Waals surface area contributed by atoms with Gasteiger partial charge in [-0.3, -0.25) is 4.90 Å². The first-order chi connectivity index (χ1) is 7.38. The summed E-state index contributed by atoms with van der Waals surface area (Å²) in [4.78, 5) is 2.56. The minimum atomic E-state index is 0.702. The Bertz CT molecular complexity index is 154. The van der Waals surface area contributed by atoms with Gasteiger partial charge in [0, 0.05) is 38.2 Å². The molecular formula is C11H22BrNO2. The van der Waals surface area contributed by atoms with E-state index < -0.39 is 0 Å². The predicted molar refractivity (Wildman–Crippen MR) is 65.7 cm³/mol. The smallest absolute Gasteiger partial charge is 0.0700 e. The largest absolute Gasteiger partial charge is 0.382 e. The summed E-state index contributed by atoms with van der Waals surface area (Å²) in [6.45, 7) is 4.62. The van der Waals surface area contributed by atoms with E-state index in [1.165, 1.54) is 25.9 Å².